The van der Waals surface area contributed by atoms with Crippen molar-refractivity contribution in [3.63, 3.8) is 0 Å². The Hall–Kier alpha value is -2.36. The van der Waals surface area contributed by atoms with Gasteiger partial charge in [0.1, 0.15) is 0 Å². The first-order valence-electron chi connectivity index (χ1n) is 5.43. The monoisotopic (exact) mass is 326 g/mol. The fourth-order valence-corrected chi connectivity index (χ4v) is 1.83. The lowest BCUT2D eigenvalue weighted by Gasteiger charge is -2.08. The third kappa shape index (κ3) is 3.21. The Bertz CT molecular complexity index is 775. The van der Waals surface area contributed by atoms with Crippen molar-refractivity contribution < 1.29 is 14.1 Å². The quantitative estimate of drug-likeness (QED) is 0.604. The zero-order valence-electron chi connectivity index (χ0n) is 10.1. The van der Waals surface area contributed by atoms with Crippen LogP contribution in [0.3, 0.4) is 0 Å². The van der Waals surface area contributed by atoms with Crippen molar-refractivity contribution in [3.05, 3.63) is 61.9 Å². The zero-order chi connectivity index (χ0) is 15.6. The predicted octanol–water partition coefficient (Wildman–Crippen LogP) is 4.70. The highest BCUT2D eigenvalue weighted by atomic mass is 35.5. The van der Waals surface area contributed by atoms with E-state index in [-0.39, 0.29) is 27.1 Å². The molecule has 0 aromatic heterocycles. The van der Waals surface area contributed by atoms with E-state index in [9.17, 15) is 14.5 Å². The van der Waals surface area contributed by atoms with E-state index in [4.69, 9.17) is 33.2 Å². The van der Waals surface area contributed by atoms with Crippen molar-refractivity contribution in [2.75, 3.05) is 0 Å². The number of hydrogen-bond acceptors (Lipinski definition) is 4. The van der Waals surface area contributed by atoms with Gasteiger partial charge < -0.3 is 4.74 Å². The number of nitrogens with zero attached hydrogens (tertiary/aromatic N) is 2. The number of ether oxygens (including phenoxy) is 1. The smallest absolute Gasteiger partial charge is 0.313 e. The van der Waals surface area contributed by atoms with E-state index in [2.05, 4.69) is 0 Å². The minimum absolute atomic E-state index is 0.0176. The molecule has 0 fully saturated rings. The fourth-order valence-electron chi connectivity index (χ4n) is 1.51. The number of benzene rings is 2. The first-order chi connectivity index (χ1) is 9.92. The third-order valence-electron chi connectivity index (χ3n) is 2.48. The molecule has 0 spiro atoms. The van der Waals surface area contributed by atoms with Crippen LogP contribution in [0, 0.1) is 27.3 Å². The summed E-state index contributed by atoms with van der Waals surface area (Å²) < 4.78 is 18.9. The molecule has 0 heterocycles. The molecule has 2 rings (SSSR count). The van der Waals surface area contributed by atoms with Crippen molar-refractivity contribution in [1.29, 1.82) is 5.26 Å². The highest BCUT2D eigenvalue weighted by Gasteiger charge is 2.20. The van der Waals surface area contributed by atoms with Gasteiger partial charge in [-0.2, -0.15) is 5.26 Å². The van der Waals surface area contributed by atoms with Gasteiger partial charge in [-0.1, -0.05) is 23.2 Å². The second-order valence-corrected chi connectivity index (χ2v) is 4.66. The first-order valence-corrected chi connectivity index (χ1v) is 6.19. The Kier molecular flexibility index (Phi) is 4.26. The van der Waals surface area contributed by atoms with Crippen molar-refractivity contribution in [1.82, 2.24) is 0 Å². The summed E-state index contributed by atoms with van der Waals surface area (Å²) in [4.78, 5) is 10.2. The summed E-state index contributed by atoms with van der Waals surface area (Å²) in [5.41, 5.74) is -0.350. The normalized spacial score (nSPS) is 10.0. The lowest BCUT2D eigenvalue weighted by molar-refractivity contribution is -0.385. The van der Waals surface area contributed by atoms with Crippen LogP contribution in [0.5, 0.6) is 11.5 Å². The highest BCUT2D eigenvalue weighted by Crippen LogP contribution is 2.38. The summed E-state index contributed by atoms with van der Waals surface area (Å²) in [6.45, 7) is 0. The molecule has 0 unspecified atom stereocenters. The van der Waals surface area contributed by atoms with Crippen LogP contribution in [0.4, 0.5) is 10.1 Å². The van der Waals surface area contributed by atoms with Crippen molar-refractivity contribution >= 4 is 28.9 Å². The topological polar surface area (TPSA) is 76.2 Å². The molecular weight excluding hydrogens is 322 g/mol. The van der Waals surface area contributed by atoms with Crippen LogP contribution in [-0.2, 0) is 0 Å². The van der Waals surface area contributed by atoms with Crippen molar-refractivity contribution in [2.24, 2.45) is 0 Å². The maximum Gasteiger partial charge on any atom is 0.313 e. The largest absolute Gasteiger partial charge is 0.447 e. The van der Waals surface area contributed by atoms with E-state index in [0.29, 0.717) is 0 Å². The number of nitro benzene ring substituents is 1. The molecule has 5 nitrogen and oxygen atoms in total. The summed E-state index contributed by atoms with van der Waals surface area (Å²) in [6, 6.07) is 7.37. The van der Waals surface area contributed by atoms with Crippen molar-refractivity contribution in [2.45, 2.75) is 0 Å². The van der Waals surface area contributed by atoms with Crippen LogP contribution < -0.4 is 4.74 Å². The minimum Gasteiger partial charge on any atom is -0.447 e. The molecule has 0 saturated carbocycles. The minimum atomic E-state index is -0.825. The van der Waals surface area contributed by atoms with Gasteiger partial charge in [-0.15, -0.1) is 0 Å². The van der Waals surface area contributed by atoms with Crippen molar-refractivity contribution in [3.8, 4) is 17.6 Å². The van der Waals surface area contributed by atoms with Gasteiger partial charge in [0.05, 0.1) is 26.6 Å². The second-order valence-electron chi connectivity index (χ2n) is 3.85. The Balaban J connectivity index is 2.46. The maximum atomic E-state index is 13.7. The molecule has 0 aliphatic rings. The van der Waals surface area contributed by atoms with Crippen LogP contribution in [0.25, 0.3) is 0 Å². The number of hydrogen-bond donors (Lipinski definition) is 0. The van der Waals surface area contributed by atoms with Crippen LogP contribution in [-0.4, -0.2) is 4.92 Å². The zero-order valence-corrected chi connectivity index (χ0v) is 11.7. The molecule has 2 aromatic rings. The first kappa shape index (κ1) is 15.0. The Morgan fingerprint density at radius 2 is 1.86 bits per heavy atom. The fraction of sp³-hybridized carbons (Fsp3) is 0. The van der Waals surface area contributed by atoms with Gasteiger partial charge in [-0.05, 0) is 18.2 Å². The molecule has 0 amide bonds. The number of nitro groups is 1. The van der Waals surface area contributed by atoms with E-state index >= 15 is 0 Å². The molecule has 0 aliphatic carbocycles. The molecule has 0 N–H and O–H groups in total. The molecule has 21 heavy (non-hydrogen) atoms. The lowest BCUT2D eigenvalue weighted by atomic mass is 10.2. The van der Waals surface area contributed by atoms with Gasteiger partial charge in [0.15, 0.2) is 11.6 Å². The van der Waals surface area contributed by atoms with Crippen LogP contribution in [0.1, 0.15) is 5.56 Å². The van der Waals surface area contributed by atoms with Crippen LogP contribution in [0.15, 0.2) is 30.3 Å². The lowest BCUT2D eigenvalue weighted by Crippen LogP contribution is -1.95. The summed E-state index contributed by atoms with van der Waals surface area (Å²) in [5, 5.41) is 19.6. The molecule has 0 bridgehead atoms. The molecular formula is C13H5Cl2FN2O3. The molecule has 106 valence electrons. The van der Waals surface area contributed by atoms with E-state index in [1.54, 1.807) is 6.07 Å². The maximum absolute atomic E-state index is 13.7. The summed E-state index contributed by atoms with van der Waals surface area (Å²) in [7, 11) is 0. The van der Waals surface area contributed by atoms with E-state index in [1.165, 1.54) is 12.1 Å². The average molecular weight is 327 g/mol. The Morgan fingerprint density at radius 1 is 1.19 bits per heavy atom. The summed E-state index contributed by atoms with van der Waals surface area (Å²) in [6.07, 6.45) is 0. The molecule has 8 heteroatoms. The Morgan fingerprint density at radius 3 is 2.43 bits per heavy atom. The highest BCUT2D eigenvalue weighted by molar-refractivity contribution is 6.42. The van der Waals surface area contributed by atoms with Gasteiger partial charge in [0.25, 0.3) is 0 Å². The number of nitriles is 1. The van der Waals surface area contributed by atoms with E-state index in [1.807, 2.05) is 0 Å². The SMILES string of the molecule is N#Cc1ccc(Oc2cc(Cl)c(Cl)cc2[N+](=O)[O-])c(F)c1. The van der Waals surface area contributed by atoms with Gasteiger partial charge in [-0.3, -0.25) is 10.1 Å². The van der Waals surface area contributed by atoms with Gasteiger partial charge in [0.2, 0.25) is 5.75 Å². The third-order valence-corrected chi connectivity index (χ3v) is 3.20. The predicted molar refractivity (Wildman–Crippen MR) is 74.3 cm³/mol. The number of halogens is 3. The summed E-state index contributed by atoms with van der Waals surface area (Å²) >= 11 is 11.5. The number of rotatable bonds is 3. The van der Waals surface area contributed by atoms with E-state index in [0.717, 1.165) is 18.2 Å². The molecule has 2 aromatic carbocycles. The van der Waals surface area contributed by atoms with Gasteiger partial charge in [-0.25, -0.2) is 4.39 Å². The van der Waals surface area contributed by atoms with Crippen LogP contribution >= 0.6 is 23.2 Å². The van der Waals surface area contributed by atoms with Gasteiger partial charge >= 0.3 is 5.69 Å². The molecule has 0 saturated heterocycles. The molecule has 0 radical (unpaired) electrons. The standard InChI is InChI=1S/C13H5Cl2FN2O3/c14-8-4-11(18(19)20)13(5-9(8)15)21-12-2-1-7(6-17)3-10(12)16/h1-5H. The van der Waals surface area contributed by atoms with Gasteiger partial charge in [0, 0.05) is 12.1 Å². The molecule has 0 atom stereocenters. The summed E-state index contributed by atoms with van der Waals surface area (Å²) in [5.74, 6) is -1.34. The molecule has 0 aliphatic heterocycles. The average Bonchev–Trinajstić information content (AvgIpc) is 2.44. The van der Waals surface area contributed by atoms with Crippen LogP contribution in [0.2, 0.25) is 10.0 Å². The Labute approximate surface area is 128 Å². The van der Waals surface area contributed by atoms with E-state index < -0.39 is 16.4 Å². The second kappa shape index (κ2) is 5.95.